The summed E-state index contributed by atoms with van der Waals surface area (Å²) < 4.78 is 0. The molecule has 0 saturated carbocycles. The molecular weight excluding hydrogens is 152 g/mol. The van der Waals surface area contributed by atoms with Gasteiger partial charge >= 0.3 is 0 Å². The molecule has 0 saturated heterocycles. The third-order valence-electron chi connectivity index (χ3n) is 1.24. The number of carbonyl (C=O) groups is 1. The number of rotatable bonds is 7. The van der Waals surface area contributed by atoms with Gasteiger partial charge < -0.3 is 10.6 Å². The molecule has 0 aliphatic carbocycles. The normalized spacial score (nSPS) is 10.8. The molecule has 0 fully saturated rings. The largest absolute Gasteiger partial charge is 0.391 e. The number of hydrogen-bond donors (Lipinski definition) is 2. The molecule has 3 nitrogen and oxygen atoms in total. The van der Waals surface area contributed by atoms with Gasteiger partial charge in [-0.3, -0.25) is 4.79 Å². The lowest BCUT2D eigenvalue weighted by Crippen LogP contribution is -2.17. The predicted octanol–water partition coefficient (Wildman–Crippen LogP) is 0.802. The topological polar surface area (TPSA) is 41.1 Å². The lowest BCUT2D eigenvalue weighted by Gasteiger charge is -1.98. The summed E-state index contributed by atoms with van der Waals surface area (Å²) in [7, 11) is 0. The molecule has 0 aromatic carbocycles. The van der Waals surface area contributed by atoms with Gasteiger partial charge in [0.15, 0.2) is 0 Å². The van der Waals surface area contributed by atoms with Crippen LogP contribution in [0.3, 0.4) is 0 Å². The second-order valence-corrected chi connectivity index (χ2v) is 2.26. The molecule has 0 bridgehead atoms. The summed E-state index contributed by atoms with van der Waals surface area (Å²) in [5.74, 6) is 0. The van der Waals surface area contributed by atoms with Gasteiger partial charge in [0.05, 0.1) is 0 Å². The van der Waals surface area contributed by atoms with Crippen LogP contribution < -0.4 is 10.6 Å². The Labute approximate surface area is 73.5 Å². The SMILES string of the molecule is CC=CC=CNCCCNC=O. The highest BCUT2D eigenvalue weighted by Gasteiger charge is 1.81. The number of nitrogens with one attached hydrogen (secondary N) is 2. The van der Waals surface area contributed by atoms with Crippen molar-refractivity contribution in [3.8, 4) is 0 Å². The van der Waals surface area contributed by atoms with Crippen LogP contribution in [0.1, 0.15) is 13.3 Å². The minimum atomic E-state index is 0.718. The van der Waals surface area contributed by atoms with Crippen LogP contribution in [-0.4, -0.2) is 19.5 Å². The molecule has 0 aliphatic heterocycles. The molecule has 0 radical (unpaired) electrons. The van der Waals surface area contributed by atoms with Gasteiger partial charge in [0.2, 0.25) is 6.41 Å². The van der Waals surface area contributed by atoms with Crippen LogP contribution in [0.5, 0.6) is 0 Å². The van der Waals surface area contributed by atoms with Gasteiger partial charge in [0.25, 0.3) is 0 Å². The molecule has 3 heteroatoms. The fourth-order valence-electron chi connectivity index (χ4n) is 0.669. The van der Waals surface area contributed by atoms with Crippen LogP contribution in [-0.2, 0) is 4.79 Å². The number of hydrogen-bond acceptors (Lipinski definition) is 2. The first kappa shape index (κ1) is 10.8. The highest BCUT2D eigenvalue weighted by molar-refractivity contribution is 5.45. The predicted molar refractivity (Wildman–Crippen MR) is 50.6 cm³/mol. The first-order chi connectivity index (χ1) is 5.91. The van der Waals surface area contributed by atoms with Crippen LogP contribution in [0.4, 0.5) is 0 Å². The molecule has 0 atom stereocenters. The Balaban J connectivity index is 3.04. The zero-order chi connectivity index (χ0) is 9.07. The molecule has 12 heavy (non-hydrogen) atoms. The van der Waals surface area contributed by atoms with Gasteiger partial charge in [-0.25, -0.2) is 0 Å². The summed E-state index contributed by atoms with van der Waals surface area (Å²) in [5, 5.41) is 5.68. The summed E-state index contributed by atoms with van der Waals surface area (Å²) in [6, 6.07) is 0. The summed E-state index contributed by atoms with van der Waals surface area (Å²) in [4.78, 5) is 9.82. The number of carbonyl (C=O) groups excluding carboxylic acids is 1. The third kappa shape index (κ3) is 8.75. The Bertz CT molecular complexity index is 153. The molecule has 1 amide bonds. The van der Waals surface area contributed by atoms with Gasteiger partial charge in [-0.1, -0.05) is 12.2 Å². The first-order valence-corrected chi connectivity index (χ1v) is 4.10. The molecule has 0 rings (SSSR count). The van der Waals surface area contributed by atoms with Gasteiger partial charge in [-0.15, -0.1) is 0 Å². The number of allylic oxidation sites excluding steroid dienone is 3. The van der Waals surface area contributed by atoms with E-state index in [-0.39, 0.29) is 0 Å². The van der Waals surface area contributed by atoms with Gasteiger partial charge in [-0.2, -0.15) is 0 Å². The van der Waals surface area contributed by atoms with E-state index >= 15 is 0 Å². The van der Waals surface area contributed by atoms with E-state index in [4.69, 9.17) is 0 Å². The van der Waals surface area contributed by atoms with Crippen LogP contribution in [0.25, 0.3) is 0 Å². The van der Waals surface area contributed by atoms with Crippen molar-refractivity contribution in [2.24, 2.45) is 0 Å². The van der Waals surface area contributed by atoms with Crippen molar-refractivity contribution in [3.05, 3.63) is 24.4 Å². The lowest BCUT2D eigenvalue weighted by atomic mass is 10.4. The average molecular weight is 168 g/mol. The fraction of sp³-hybridized carbons (Fsp3) is 0.444. The van der Waals surface area contributed by atoms with E-state index in [0.29, 0.717) is 0 Å². The molecule has 0 aliphatic rings. The van der Waals surface area contributed by atoms with E-state index in [1.54, 1.807) is 0 Å². The van der Waals surface area contributed by atoms with E-state index in [0.717, 1.165) is 25.9 Å². The van der Waals surface area contributed by atoms with E-state index in [1.165, 1.54) is 0 Å². The summed E-state index contributed by atoms with van der Waals surface area (Å²) in [6.07, 6.45) is 9.41. The van der Waals surface area contributed by atoms with Gasteiger partial charge in [0, 0.05) is 13.1 Å². The quantitative estimate of drug-likeness (QED) is 0.335. The molecule has 0 heterocycles. The highest BCUT2D eigenvalue weighted by Crippen LogP contribution is 1.75. The summed E-state index contributed by atoms with van der Waals surface area (Å²) in [5.41, 5.74) is 0. The van der Waals surface area contributed by atoms with Gasteiger partial charge in [-0.05, 0) is 25.6 Å². The van der Waals surface area contributed by atoms with Crippen molar-refractivity contribution >= 4 is 6.41 Å². The smallest absolute Gasteiger partial charge is 0.207 e. The van der Waals surface area contributed by atoms with Crippen molar-refractivity contribution in [1.29, 1.82) is 0 Å². The molecule has 0 spiro atoms. The Hall–Kier alpha value is -1.25. The Kier molecular flexibility index (Phi) is 8.73. The van der Waals surface area contributed by atoms with E-state index in [9.17, 15) is 4.79 Å². The second kappa shape index (κ2) is 9.75. The zero-order valence-electron chi connectivity index (χ0n) is 7.42. The van der Waals surface area contributed by atoms with Crippen molar-refractivity contribution in [1.82, 2.24) is 10.6 Å². The fourth-order valence-corrected chi connectivity index (χ4v) is 0.669. The number of amides is 1. The minimum Gasteiger partial charge on any atom is -0.391 e. The van der Waals surface area contributed by atoms with Crippen LogP contribution in [0, 0.1) is 0 Å². The second-order valence-electron chi connectivity index (χ2n) is 2.26. The Morgan fingerprint density at radius 2 is 1.92 bits per heavy atom. The first-order valence-electron chi connectivity index (χ1n) is 4.10. The van der Waals surface area contributed by atoms with Crippen LogP contribution >= 0.6 is 0 Å². The maximum Gasteiger partial charge on any atom is 0.207 e. The van der Waals surface area contributed by atoms with Crippen molar-refractivity contribution in [3.63, 3.8) is 0 Å². The average Bonchev–Trinajstić information content (AvgIpc) is 2.10. The van der Waals surface area contributed by atoms with Crippen molar-refractivity contribution in [2.75, 3.05) is 13.1 Å². The monoisotopic (exact) mass is 168 g/mol. The van der Waals surface area contributed by atoms with Gasteiger partial charge in [0.1, 0.15) is 0 Å². The highest BCUT2D eigenvalue weighted by atomic mass is 16.1. The van der Waals surface area contributed by atoms with Crippen molar-refractivity contribution < 1.29 is 4.79 Å². The molecule has 0 aromatic rings. The van der Waals surface area contributed by atoms with E-state index in [1.807, 2.05) is 31.4 Å². The Morgan fingerprint density at radius 1 is 1.17 bits per heavy atom. The molecule has 2 N–H and O–H groups in total. The maximum atomic E-state index is 9.82. The van der Waals surface area contributed by atoms with Crippen molar-refractivity contribution in [2.45, 2.75) is 13.3 Å². The lowest BCUT2D eigenvalue weighted by molar-refractivity contribution is -0.109. The zero-order valence-corrected chi connectivity index (χ0v) is 7.42. The Morgan fingerprint density at radius 3 is 2.58 bits per heavy atom. The minimum absolute atomic E-state index is 0.718. The third-order valence-corrected chi connectivity index (χ3v) is 1.24. The van der Waals surface area contributed by atoms with E-state index in [2.05, 4.69) is 10.6 Å². The summed E-state index contributed by atoms with van der Waals surface area (Å²) in [6.45, 7) is 3.58. The van der Waals surface area contributed by atoms with Crippen LogP contribution in [0.2, 0.25) is 0 Å². The molecule has 68 valence electrons. The maximum absolute atomic E-state index is 9.82. The molecule has 0 aromatic heterocycles. The molecule has 0 unspecified atom stereocenters. The molecular formula is C9H16N2O. The standard InChI is InChI=1S/C9H16N2O/c1-2-3-4-6-10-7-5-8-11-9-12/h2-4,6,9-10H,5,7-8H2,1H3,(H,11,12). The summed E-state index contributed by atoms with van der Waals surface area (Å²) >= 11 is 0. The van der Waals surface area contributed by atoms with E-state index < -0.39 is 0 Å². The van der Waals surface area contributed by atoms with Crippen LogP contribution in [0.15, 0.2) is 24.4 Å².